The van der Waals surface area contributed by atoms with E-state index in [1.54, 1.807) is 6.08 Å². The minimum Gasteiger partial charge on any atom is -0.303 e. The fourth-order valence-corrected chi connectivity index (χ4v) is 2.63. The van der Waals surface area contributed by atoms with Crippen LogP contribution in [0.2, 0.25) is 0 Å². The van der Waals surface area contributed by atoms with Gasteiger partial charge in [0, 0.05) is 13.1 Å². The summed E-state index contributed by atoms with van der Waals surface area (Å²) in [5, 5.41) is 0. The van der Waals surface area contributed by atoms with E-state index in [0.29, 0.717) is 25.9 Å². The van der Waals surface area contributed by atoms with Crippen LogP contribution in [-0.4, -0.2) is 35.4 Å². The number of piperidine rings is 1. The Balaban J connectivity index is 2.14. The van der Waals surface area contributed by atoms with Gasteiger partial charge in [-0.25, -0.2) is 4.39 Å². The molecule has 2 rings (SSSR count). The van der Waals surface area contributed by atoms with Crippen molar-refractivity contribution in [3.8, 4) is 0 Å². The summed E-state index contributed by atoms with van der Waals surface area (Å²) in [6, 6.07) is 0. The molecule has 16 heavy (non-hydrogen) atoms. The Labute approximate surface area is 99.8 Å². The minimum atomic E-state index is -0.795. The van der Waals surface area contributed by atoms with Crippen LogP contribution < -0.4 is 0 Å². The van der Waals surface area contributed by atoms with Crippen LogP contribution in [0.1, 0.15) is 12.8 Å². The molecule has 0 bridgehead atoms. The van der Waals surface area contributed by atoms with E-state index in [4.69, 9.17) is 11.6 Å². The number of aldehydes is 1. The highest BCUT2D eigenvalue weighted by molar-refractivity contribution is 6.26. The Morgan fingerprint density at radius 3 is 2.69 bits per heavy atom. The van der Waals surface area contributed by atoms with E-state index in [1.165, 1.54) is 0 Å². The van der Waals surface area contributed by atoms with Crippen molar-refractivity contribution >= 4 is 17.9 Å². The molecular weight excluding hydrogens is 229 g/mol. The number of rotatable bonds is 2. The molecule has 88 valence electrons. The molecule has 2 atom stereocenters. The molecule has 0 amide bonds. The monoisotopic (exact) mass is 243 g/mol. The lowest BCUT2D eigenvalue weighted by atomic mass is 9.92. The maximum Gasteiger partial charge on any atom is 0.130 e. The van der Waals surface area contributed by atoms with Crippen molar-refractivity contribution in [2.75, 3.05) is 13.1 Å². The van der Waals surface area contributed by atoms with Crippen molar-refractivity contribution in [1.29, 1.82) is 0 Å². The standard InChI is InChI=1S/C12H15ClFNO/c13-12(6-2-1-3-10(12)9-16)15-7-4-11(14)5-8-15/h1-3,6,9-11H,4-5,7-8H2. The Morgan fingerprint density at radius 2 is 2.06 bits per heavy atom. The van der Waals surface area contributed by atoms with Gasteiger partial charge in [-0.2, -0.15) is 0 Å². The summed E-state index contributed by atoms with van der Waals surface area (Å²) in [6.45, 7) is 1.21. The summed E-state index contributed by atoms with van der Waals surface area (Å²) in [5.74, 6) is -0.352. The third kappa shape index (κ3) is 2.06. The van der Waals surface area contributed by atoms with Gasteiger partial charge in [-0.15, -0.1) is 0 Å². The van der Waals surface area contributed by atoms with E-state index >= 15 is 0 Å². The van der Waals surface area contributed by atoms with Crippen LogP contribution in [0.4, 0.5) is 4.39 Å². The van der Waals surface area contributed by atoms with Gasteiger partial charge >= 0.3 is 0 Å². The van der Waals surface area contributed by atoms with Crippen LogP contribution >= 0.6 is 11.6 Å². The predicted molar refractivity (Wildman–Crippen MR) is 62.1 cm³/mol. The Kier molecular flexibility index (Phi) is 3.45. The number of carbonyl (C=O) groups is 1. The molecule has 1 aliphatic carbocycles. The fraction of sp³-hybridized carbons (Fsp3) is 0.583. The first-order valence-corrected chi connectivity index (χ1v) is 5.94. The first kappa shape index (κ1) is 11.8. The smallest absolute Gasteiger partial charge is 0.130 e. The number of halogens is 2. The molecule has 2 aliphatic rings. The second-order valence-electron chi connectivity index (χ2n) is 4.30. The molecule has 1 fully saturated rings. The summed E-state index contributed by atoms with van der Waals surface area (Å²) in [4.78, 5) is 12.2. The molecule has 0 spiro atoms. The molecule has 1 aliphatic heterocycles. The molecular formula is C12H15ClFNO. The molecule has 1 saturated heterocycles. The highest BCUT2D eigenvalue weighted by atomic mass is 35.5. The second kappa shape index (κ2) is 4.68. The largest absolute Gasteiger partial charge is 0.303 e. The molecule has 1 heterocycles. The third-order valence-corrected chi connectivity index (χ3v) is 3.90. The van der Waals surface area contributed by atoms with Gasteiger partial charge in [-0.3, -0.25) is 4.90 Å². The SMILES string of the molecule is O=CC1C=CC=CC1(Cl)N1CCC(F)CC1. The maximum absolute atomic E-state index is 13.1. The van der Waals surface area contributed by atoms with Crippen LogP contribution in [0.5, 0.6) is 0 Å². The molecule has 0 saturated carbocycles. The molecule has 0 radical (unpaired) electrons. The van der Waals surface area contributed by atoms with Crippen LogP contribution in [0, 0.1) is 5.92 Å². The van der Waals surface area contributed by atoms with Gasteiger partial charge in [0.15, 0.2) is 0 Å². The average Bonchev–Trinajstić information content (AvgIpc) is 2.30. The average molecular weight is 244 g/mol. The Hall–Kier alpha value is -0.670. The van der Waals surface area contributed by atoms with Crippen molar-refractivity contribution in [2.45, 2.75) is 24.0 Å². The molecule has 0 aromatic rings. The first-order valence-electron chi connectivity index (χ1n) is 5.56. The quantitative estimate of drug-likeness (QED) is 0.421. The van der Waals surface area contributed by atoms with Gasteiger partial charge in [-0.05, 0) is 18.9 Å². The van der Waals surface area contributed by atoms with Crippen LogP contribution in [-0.2, 0) is 4.79 Å². The van der Waals surface area contributed by atoms with Gasteiger partial charge in [0.1, 0.15) is 17.5 Å². The fourth-order valence-electron chi connectivity index (χ4n) is 2.27. The number of hydrogen-bond acceptors (Lipinski definition) is 2. The second-order valence-corrected chi connectivity index (χ2v) is 4.90. The van der Waals surface area contributed by atoms with E-state index in [9.17, 15) is 9.18 Å². The van der Waals surface area contributed by atoms with E-state index in [0.717, 1.165) is 6.29 Å². The van der Waals surface area contributed by atoms with Gasteiger partial charge in [0.25, 0.3) is 0 Å². The topological polar surface area (TPSA) is 20.3 Å². The number of carbonyl (C=O) groups excluding carboxylic acids is 1. The van der Waals surface area contributed by atoms with Crippen LogP contribution in [0.3, 0.4) is 0 Å². The van der Waals surface area contributed by atoms with Gasteiger partial charge < -0.3 is 4.79 Å². The van der Waals surface area contributed by atoms with Gasteiger partial charge in [-0.1, -0.05) is 29.8 Å². The number of allylic oxidation sites excluding steroid dienone is 2. The number of likely N-dealkylation sites (tertiary alicyclic amines) is 1. The molecule has 2 unspecified atom stereocenters. The van der Waals surface area contributed by atoms with Crippen LogP contribution in [0.25, 0.3) is 0 Å². The molecule has 0 aromatic heterocycles. The van der Waals surface area contributed by atoms with Crippen LogP contribution in [0.15, 0.2) is 24.3 Å². The van der Waals surface area contributed by atoms with Crippen molar-refractivity contribution in [1.82, 2.24) is 4.90 Å². The number of nitrogens with zero attached hydrogens (tertiary/aromatic N) is 1. The van der Waals surface area contributed by atoms with E-state index < -0.39 is 11.2 Å². The van der Waals surface area contributed by atoms with Crippen molar-refractivity contribution in [2.24, 2.45) is 5.92 Å². The lowest BCUT2D eigenvalue weighted by Crippen LogP contribution is -2.52. The lowest BCUT2D eigenvalue weighted by molar-refractivity contribution is -0.111. The lowest BCUT2D eigenvalue weighted by Gasteiger charge is -2.43. The highest BCUT2D eigenvalue weighted by Gasteiger charge is 2.41. The third-order valence-electron chi connectivity index (χ3n) is 3.28. The summed E-state index contributed by atoms with van der Waals surface area (Å²) in [5.41, 5.74) is 0. The zero-order chi connectivity index (χ0) is 11.6. The molecule has 0 N–H and O–H groups in total. The predicted octanol–water partition coefficient (Wildman–Crippen LogP) is 2.30. The Bertz CT molecular complexity index is 323. The molecule has 2 nitrogen and oxygen atoms in total. The summed E-state index contributed by atoms with van der Waals surface area (Å²) in [6.07, 6.45) is 8.41. The van der Waals surface area contributed by atoms with E-state index in [1.807, 2.05) is 23.1 Å². The minimum absolute atomic E-state index is 0.352. The van der Waals surface area contributed by atoms with Crippen molar-refractivity contribution in [3.63, 3.8) is 0 Å². The van der Waals surface area contributed by atoms with Crippen molar-refractivity contribution < 1.29 is 9.18 Å². The summed E-state index contributed by atoms with van der Waals surface area (Å²) < 4.78 is 13.1. The number of hydrogen-bond donors (Lipinski definition) is 0. The summed E-state index contributed by atoms with van der Waals surface area (Å²) in [7, 11) is 0. The molecule has 0 aromatic carbocycles. The van der Waals surface area contributed by atoms with Gasteiger partial charge in [0.05, 0.1) is 5.92 Å². The zero-order valence-corrected chi connectivity index (χ0v) is 9.74. The normalized spacial score (nSPS) is 36.5. The Morgan fingerprint density at radius 1 is 1.38 bits per heavy atom. The zero-order valence-electron chi connectivity index (χ0n) is 8.98. The molecule has 4 heteroatoms. The van der Waals surface area contributed by atoms with E-state index in [2.05, 4.69) is 0 Å². The van der Waals surface area contributed by atoms with Crippen molar-refractivity contribution in [3.05, 3.63) is 24.3 Å². The maximum atomic E-state index is 13.1. The first-order chi connectivity index (χ1) is 7.66. The highest BCUT2D eigenvalue weighted by Crippen LogP contribution is 2.36. The van der Waals surface area contributed by atoms with Gasteiger partial charge in [0.2, 0.25) is 0 Å². The summed E-state index contributed by atoms with van der Waals surface area (Å²) >= 11 is 6.50. The number of alkyl halides is 2. The van der Waals surface area contributed by atoms with E-state index in [-0.39, 0.29) is 5.92 Å².